The van der Waals surface area contributed by atoms with Gasteiger partial charge in [-0.1, -0.05) is 42.3 Å². The number of rotatable bonds is 7. The summed E-state index contributed by atoms with van der Waals surface area (Å²) in [5.41, 5.74) is 0.0461. The molecule has 2 aliphatic rings. The van der Waals surface area contributed by atoms with Crippen LogP contribution in [0.2, 0.25) is 5.02 Å². The third kappa shape index (κ3) is 6.69. The molecule has 0 bridgehead atoms. The van der Waals surface area contributed by atoms with Crippen molar-refractivity contribution in [2.75, 3.05) is 18.1 Å². The van der Waals surface area contributed by atoms with Gasteiger partial charge in [0.1, 0.15) is 5.60 Å². The van der Waals surface area contributed by atoms with E-state index in [0.717, 1.165) is 44.1 Å². The molecule has 2 aromatic rings. The highest BCUT2D eigenvalue weighted by Gasteiger charge is 2.39. The van der Waals surface area contributed by atoms with Crippen LogP contribution in [0.1, 0.15) is 77.8 Å². The summed E-state index contributed by atoms with van der Waals surface area (Å²) in [5, 5.41) is 18.7. The van der Waals surface area contributed by atoms with Crippen LogP contribution in [0.4, 0.5) is 10.6 Å². The first-order chi connectivity index (χ1) is 17.6. The van der Waals surface area contributed by atoms with Gasteiger partial charge in [0, 0.05) is 23.0 Å². The molecule has 9 nitrogen and oxygen atoms in total. The Morgan fingerprint density at radius 1 is 1.22 bits per heavy atom. The summed E-state index contributed by atoms with van der Waals surface area (Å²) in [6.07, 6.45) is 4.57. The molecule has 0 radical (unpaired) electrons. The molecule has 0 saturated heterocycles. The van der Waals surface area contributed by atoms with E-state index >= 15 is 0 Å². The molecular formula is C27H37ClN6O3. The molecule has 1 amide bonds. The van der Waals surface area contributed by atoms with E-state index in [0.29, 0.717) is 23.9 Å². The molecule has 1 aromatic heterocycles. The van der Waals surface area contributed by atoms with E-state index in [1.807, 2.05) is 39.0 Å². The second-order valence-corrected chi connectivity index (χ2v) is 11.5. The average Bonchev–Trinajstić information content (AvgIpc) is 3.31. The van der Waals surface area contributed by atoms with Crippen LogP contribution in [-0.2, 0) is 10.2 Å². The highest BCUT2D eigenvalue weighted by atomic mass is 35.5. The summed E-state index contributed by atoms with van der Waals surface area (Å²) in [6, 6.07) is 11.2. The van der Waals surface area contributed by atoms with Crippen molar-refractivity contribution < 1.29 is 9.53 Å². The van der Waals surface area contributed by atoms with Gasteiger partial charge in [0.2, 0.25) is 0 Å². The Hall–Kier alpha value is -2.94. The minimum absolute atomic E-state index is 0.0488. The fourth-order valence-corrected chi connectivity index (χ4v) is 5.38. The lowest BCUT2D eigenvalue weighted by Gasteiger charge is -2.41. The summed E-state index contributed by atoms with van der Waals surface area (Å²) >= 11 is 6.34. The Bertz CT molecular complexity index is 1180. The van der Waals surface area contributed by atoms with Gasteiger partial charge in [-0.25, -0.2) is 14.5 Å². The topological polar surface area (TPSA) is 101 Å². The normalized spacial score (nSPS) is 23.8. The summed E-state index contributed by atoms with van der Waals surface area (Å²) < 4.78 is 7.07. The Labute approximate surface area is 223 Å². The zero-order chi connectivity index (χ0) is 26.6. The van der Waals surface area contributed by atoms with Gasteiger partial charge < -0.3 is 10.1 Å². The minimum Gasteiger partial charge on any atom is -0.444 e. The fraction of sp³-hybridized carbons (Fsp3) is 0.593. The van der Waals surface area contributed by atoms with Crippen LogP contribution >= 0.6 is 11.6 Å². The number of hydrogen-bond donors (Lipinski definition) is 1. The minimum atomic E-state index is -0.575. The van der Waals surface area contributed by atoms with E-state index < -0.39 is 11.7 Å². The highest BCUT2D eigenvalue weighted by Crippen LogP contribution is 2.43. The van der Waals surface area contributed by atoms with Crippen LogP contribution < -0.4 is 15.9 Å². The lowest BCUT2D eigenvalue weighted by atomic mass is 9.68. The van der Waals surface area contributed by atoms with Crippen LogP contribution in [0, 0.1) is 0 Å². The standard InChI is InChI=1S/C27H37ClN6O3/c1-5-7-21-17-33(32-30-21)23-10-11-24(35)34(31-23)22-12-14-27(15-13-22,19-8-6-9-20(28)16-19)18-29-25(36)37-26(2,3)4/h6,8-11,16,21-22H,5,7,12-15,17-18H2,1-4H3,(H,29,36). The summed E-state index contributed by atoms with van der Waals surface area (Å²) in [6.45, 7) is 8.76. The number of nitrogens with zero attached hydrogens (tertiary/aromatic N) is 5. The maximum atomic E-state index is 12.8. The largest absolute Gasteiger partial charge is 0.444 e. The molecule has 2 heterocycles. The number of hydrogen-bond acceptors (Lipinski definition) is 7. The lowest BCUT2D eigenvalue weighted by molar-refractivity contribution is 0.0504. The second-order valence-electron chi connectivity index (χ2n) is 11.1. The number of halogens is 1. The zero-order valence-corrected chi connectivity index (χ0v) is 22.9. The Balaban J connectivity index is 1.51. The zero-order valence-electron chi connectivity index (χ0n) is 22.1. The lowest BCUT2D eigenvalue weighted by Crippen LogP contribution is -2.45. The molecule has 10 heteroatoms. The van der Waals surface area contributed by atoms with E-state index in [2.05, 4.69) is 33.7 Å². The maximum Gasteiger partial charge on any atom is 0.407 e. The predicted molar refractivity (Wildman–Crippen MR) is 144 cm³/mol. The van der Waals surface area contributed by atoms with Crippen LogP contribution in [-0.4, -0.2) is 40.6 Å². The van der Waals surface area contributed by atoms with Gasteiger partial charge in [-0.3, -0.25) is 4.79 Å². The van der Waals surface area contributed by atoms with Crippen molar-refractivity contribution in [3.8, 4) is 0 Å². The first-order valence-electron chi connectivity index (χ1n) is 13.1. The summed E-state index contributed by atoms with van der Waals surface area (Å²) in [5.74, 6) is 0.639. The number of carbonyl (C=O) groups is 1. The van der Waals surface area contributed by atoms with Crippen LogP contribution in [0.25, 0.3) is 0 Å². The van der Waals surface area contributed by atoms with Gasteiger partial charge in [0.25, 0.3) is 5.56 Å². The Morgan fingerprint density at radius 3 is 2.65 bits per heavy atom. The third-order valence-corrected chi connectivity index (χ3v) is 7.30. The molecule has 4 rings (SSSR count). The van der Waals surface area contributed by atoms with Gasteiger partial charge in [-0.05, 0) is 76.6 Å². The van der Waals surface area contributed by atoms with E-state index in [9.17, 15) is 9.59 Å². The molecule has 200 valence electrons. The van der Waals surface area contributed by atoms with E-state index in [4.69, 9.17) is 16.3 Å². The van der Waals surface area contributed by atoms with Crippen molar-refractivity contribution in [3.63, 3.8) is 0 Å². The molecule has 1 aromatic carbocycles. The van der Waals surface area contributed by atoms with Gasteiger partial charge in [0.05, 0.1) is 18.6 Å². The van der Waals surface area contributed by atoms with Crippen LogP contribution in [0.5, 0.6) is 0 Å². The molecule has 1 aliphatic heterocycles. The molecule has 1 N–H and O–H groups in total. The first-order valence-corrected chi connectivity index (χ1v) is 13.5. The molecule has 1 atom stereocenters. The van der Waals surface area contributed by atoms with E-state index in [1.54, 1.807) is 21.8 Å². The molecule has 1 fully saturated rings. The summed E-state index contributed by atoms with van der Waals surface area (Å²) in [7, 11) is 0. The number of carbonyl (C=O) groups excluding carboxylic acids is 1. The van der Waals surface area contributed by atoms with Gasteiger partial charge >= 0.3 is 6.09 Å². The average molecular weight is 529 g/mol. The van der Waals surface area contributed by atoms with Crippen molar-refractivity contribution in [1.29, 1.82) is 0 Å². The first kappa shape index (κ1) is 27.1. The third-order valence-electron chi connectivity index (χ3n) is 7.07. The Morgan fingerprint density at radius 2 is 1.97 bits per heavy atom. The van der Waals surface area contributed by atoms with Crippen molar-refractivity contribution in [2.45, 2.75) is 89.3 Å². The molecule has 1 saturated carbocycles. The number of aromatic nitrogens is 2. The predicted octanol–water partition coefficient (Wildman–Crippen LogP) is 5.83. The highest BCUT2D eigenvalue weighted by molar-refractivity contribution is 6.30. The number of benzene rings is 1. The molecular weight excluding hydrogens is 492 g/mol. The van der Waals surface area contributed by atoms with Gasteiger partial charge in [0.15, 0.2) is 5.82 Å². The van der Waals surface area contributed by atoms with Crippen molar-refractivity contribution in [3.05, 3.63) is 57.3 Å². The van der Waals surface area contributed by atoms with Gasteiger partial charge in [-0.2, -0.15) is 5.11 Å². The second kappa shape index (κ2) is 11.2. The smallest absolute Gasteiger partial charge is 0.407 e. The van der Waals surface area contributed by atoms with Gasteiger partial charge in [-0.15, -0.1) is 5.10 Å². The van der Waals surface area contributed by atoms with Crippen molar-refractivity contribution in [1.82, 2.24) is 15.1 Å². The van der Waals surface area contributed by atoms with Crippen LogP contribution in [0.3, 0.4) is 0 Å². The molecule has 1 unspecified atom stereocenters. The molecule has 37 heavy (non-hydrogen) atoms. The number of ether oxygens (including phenoxy) is 1. The quantitative estimate of drug-likeness (QED) is 0.487. The van der Waals surface area contributed by atoms with Crippen molar-refractivity contribution in [2.24, 2.45) is 10.3 Å². The van der Waals surface area contributed by atoms with Crippen LogP contribution in [0.15, 0.2) is 51.5 Å². The Kier molecular flexibility index (Phi) is 8.21. The number of amides is 1. The van der Waals surface area contributed by atoms with E-state index in [1.165, 1.54) is 0 Å². The van der Waals surface area contributed by atoms with Crippen molar-refractivity contribution >= 4 is 23.5 Å². The summed E-state index contributed by atoms with van der Waals surface area (Å²) in [4.78, 5) is 25.3. The van der Waals surface area contributed by atoms with E-state index in [-0.39, 0.29) is 23.1 Å². The molecule has 1 aliphatic carbocycles. The number of nitrogens with one attached hydrogen (secondary N) is 1. The monoisotopic (exact) mass is 528 g/mol. The fourth-order valence-electron chi connectivity index (χ4n) is 5.19. The maximum absolute atomic E-state index is 12.8. The number of anilines is 1. The number of alkyl carbamates (subject to hydrolysis) is 1. The molecule has 0 spiro atoms. The SMILES string of the molecule is CCCC1CN(c2ccc(=O)n(C3CCC(CNC(=O)OC(C)(C)C)(c4cccc(Cl)c4)CC3)n2)N=N1.